The van der Waals surface area contributed by atoms with Gasteiger partial charge in [0, 0.05) is 23.4 Å². The predicted molar refractivity (Wildman–Crippen MR) is 56.9 cm³/mol. The number of hydrogen-bond donors (Lipinski definition) is 0. The molecule has 0 radical (unpaired) electrons. The van der Waals surface area contributed by atoms with Gasteiger partial charge in [0.1, 0.15) is 0 Å². The monoisotopic (exact) mass is 263 g/mol. The molecule has 0 bridgehead atoms. The van der Waals surface area contributed by atoms with Gasteiger partial charge in [-0.1, -0.05) is 0 Å². The number of halogens is 1. The molecule has 0 saturated carbocycles. The van der Waals surface area contributed by atoms with Crippen molar-refractivity contribution in [1.29, 1.82) is 0 Å². The molecule has 1 aromatic heterocycles. The molecule has 2 heterocycles. The summed E-state index contributed by atoms with van der Waals surface area (Å²) in [5.74, 6) is -0.483. The summed E-state index contributed by atoms with van der Waals surface area (Å²) < 4.78 is 24.7. The zero-order valence-corrected chi connectivity index (χ0v) is 10.1. The number of aromatic nitrogens is 2. The first-order valence-electron chi connectivity index (χ1n) is 4.73. The Labute approximate surface area is 97.3 Å². The maximum atomic E-state index is 11.2. The van der Waals surface area contributed by atoms with E-state index < -0.39 is 21.2 Å². The van der Waals surface area contributed by atoms with Gasteiger partial charge in [0.2, 0.25) is 5.91 Å². The molecule has 8 heteroatoms. The van der Waals surface area contributed by atoms with Gasteiger partial charge in [-0.05, 0) is 13.0 Å². The number of amides is 1. The summed E-state index contributed by atoms with van der Waals surface area (Å²) in [5, 5.41) is 4.02. The van der Waals surface area contributed by atoms with Crippen molar-refractivity contribution >= 4 is 25.8 Å². The van der Waals surface area contributed by atoms with Crippen molar-refractivity contribution in [1.82, 2.24) is 14.1 Å². The largest absolute Gasteiger partial charge is 0.324 e. The first kappa shape index (κ1) is 11.4. The Hall–Kier alpha value is -1.08. The second-order valence-electron chi connectivity index (χ2n) is 3.42. The van der Waals surface area contributed by atoms with Gasteiger partial charge in [-0.15, -0.1) is 0 Å². The Morgan fingerprint density at radius 3 is 2.81 bits per heavy atom. The van der Waals surface area contributed by atoms with Crippen LogP contribution in [-0.4, -0.2) is 28.4 Å². The Morgan fingerprint density at radius 2 is 2.31 bits per heavy atom. The molecule has 16 heavy (non-hydrogen) atoms. The van der Waals surface area contributed by atoms with Crippen molar-refractivity contribution in [2.75, 3.05) is 0 Å². The SMILES string of the molecule is CCn1nccc1C1CC(=O)N1S(=O)(=O)Cl. The normalized spacial score (nSPS) is 21.0. The number of carbonyl (C=O) groups is 1. The minimum Gasteiger partial charge on any atom is -0.274 e. The minimum absolute atomic E-state index is 0.150. The van der Waals surface area contributed by atoms with Gasteiger partial charge in [-0.25, -0.2) is 4.31 Å². The number of aryl methyl sites for hydroxylation is 1. The van der Waals surface area contributed by atoms with Crippen LogP contribution in [0.15, 0.2) is 12.3 Å². The average molecular weight is 264 g/mol. The van der Waals surface area contributed by atoms with Crippen LogP contribution in [0.4, 0.5) is 0 Å². The summed E-state index contributed by atoms with van der Waals surface area (Å²) in [4.78, 5) is 11.2. The summed E-state index contributed by atoms with van der Waals surface area (Å²) in [6.45, 7) is 2.50. The van der Waals surface area contributed by atoms with Crippen molar-refractivity contribution in [3.8, 4) is 0 Å². The fraction of sp³-hybridized carbons (Fsp3) is 0.500. The van der Waals surface area contributed by atoms with Gasteiger partial charge in [0.25, 0.3) is 0 Å². The van der Waals surface area contributed by atoms with E-state index in [2.05, 4.69) is 5.10 Å². The second kappa shape index (κ2) is 3.74. The van der Waals surface area contributed by atoms with Crippen molar-refractivity contribution < 1.29 is 13.2 Å². The maximum absolute atomic E-state index is 11.2. The van der Waals surface area contributed by atoms with Gasteiger partial charge >= 0.3 is 9.24 Å². The van der Waals surface area contributed by atoms with Crippen LogP contribution in [0.1, 0.15) is 25.1 Å². The summed E-state index contributed by atoms with van der Waals surface area (Å²) in [6.07, 6.45) is 1.72. The highest BCUT2D eigenvalue weighted by molar-refractivity contribution is 8.12. The van der Waals surface area contributed by atoms with Crippen molar-refractivity contribution in [3.05, 3.63) is 18.0 Å². The molecule has 0 aromatic carbocycles. The molecule has 0 N–H and O–H groups in total. The van der Waals surface area contributed by atoms with Gasteiger partial charge in [-0.2, -0.15) is 13.5 Å². The van der Waals surface area contributed by atoms with Gasteiger partial charge in [0.15, 0.2) is 0 Å². The lowest BCUT2D eigenvalue weighted by molar-refractivity contribution is -0.137. The topological polar surface area (TPSA) is 72.3 Å². The molecule has 1 aliphatic heterocycles. The Kier molecular flexibility index (Phi) is 2.67. The van der Waals surface area contributed by atoms with E-state index >= 15 is 0 Å². The zero-order valence-electron chi connectivity index (χ0n) is 8.50. The number of β-lactam (4-membered cyclic amide) rings is 1. The van der Waals surface area contributed by atoms with Crippen molar-refractivity contribution in [3.63, 3.8) is 0 Å². The van der Waals surface area contributed by atoms with Crippen LogP contribution in [0.25, 0.3) is 0 Å². The Balaban J connectivity index is 2.34. The van der Waals surface area contributed by atoms with E-state index in [0.29, 0.717) is 16.5 Å². The Morgan fingerprint density at radius 1 is 1.62 bits per heavy atom. The molecule has 1 amide bonds. The van der Waals surface area contributed by atoms with Crippen LogP contribution in [-0.2, 0) is 20.6 Å². The van der Waals surface area contributed by atoms with Gasteiger partial charge in [0.05, 0.1) is 18.2 Å². The van der Waals surface area contributed by atoms with Crippen LogP contribution in [0.3, 0.4) is 0 Å². The lowest BCUT2D eigenvalue weighted by Gasteiger charge is -2.36. The van der Waals surface area contributed by atoms with Crippen LogP contribution in [0, 0.1) is 0 Å². The number of hydrogen-bond acceptors (Lipinski definition) is 4. The molecule has 6 nitrogen and oxygen atoms in total. The molecule has 2 rings (SSSR count). The van der Waals surface area contributed by atoms with E-state index in [1.54, 1.807) is 16.9 Å². The van der Waals surface area contributed by atoms with E-state index in [0.717, 1.165) is 0 Å². The van der Waals surface area contributed by atoms with E-state index in [4.69, 9.17) is 10.7 Å². The first-order valence-corrected chi connectivity index (χ1v) is 7.00. The zero-order chi connectivity index (χ0) is 11.9. The molecule has 1 atom stereocenters. The maximum Gasteiger partial charge on any atom is 0.324 e. The molecule has 0 spiro atoms. The summed E-state index contributed by atoms with van der Waals surface area (Å²) in [6, 6.07) is 1.17. The third-order valence-corrected chi connectivity index (χ3v) is 3.90. The summed E-state index contributed by atoms with van der Waals surface area (Å²) in [7, 11) is 1.18. The van der Waals surface area contributed by atoms with Crippen LogP contribution in [0.5, 0.6) is 0 Å². The van der Waals surface area contributed by atoms with Crippen LogP contribution < -0.4 is 0 Å². The highest BCUT2D eigenvalue weighted by Gasteiger charge is 2.45. The first-order chi connectivity index (χ1) is 7.45. The van der Waals surface area contributed by atoms with Gasteiger partial charge < -0.3 is 0 Å². The molecule has 1 fully saturated rings. The molecular formula is C8H10ClN3O3S. The molecule has 0 aliphatic carbocycles. The standard InChI is InChI=1S/C8H10ClN3O3S/c1-2-11-6(3-4-10-11)7-5-8(13)12(7)16(9,14)15/h3-4,7H,2,5H2,1H3. The van der Waals surface area contributed by atoms with Crippen molar-refractivity contribution in [2.45, 2.75) is 25.9 Å². The van der Waals surface area contributed by atoms with Crippen molar-refractivity contribution in [2.24, 2.45) is 0 Å². The number of carbonyl (C=O) groups excluding carboxylic acids is 1. The molecule has 1 aliphatic rings. The fourth-order valence-corrected chi connectivity index (χ4v) is 3.11. The lowest BCUT2D eigenvalue weighted by Crippen LogP contribution is -2.48. The fourth-order valence-electron chi connectivity index (χ4n) is 1.79. The molecule has 88 valence electrons. The van der Waals surface area contributed by atoms with Crippen LogP contribution >= 0.6 is 10.7 Å². The predicted octanol–water partition coefficient (Wildman–Crippen LogP) is 0.660. The number of rotatable bonds is 3. The molecule has 1 unspecified atom stereocenters. The number of nitrogens with zero attached hydrogens (tertiary/aromatic N) is 3. The second-order valence-corrected chi connectivity index (χ2v) is 5.81. The Bertz CT molecular complexity index is 524. The van der Waals surface area contributed by atoms with Crippen LogP contribution in [0.2, 0.25) is 0 Å². The average Bonchev–Trinajstić information content (AvgIpc) is 2.57. The smallest absolute Gasteiger partial charge is 0.274 e. The quantitative estimate of drug-likeness (QED) is 0.593. The van der Waals surface area contributed by atoms with Gasteiger partial charge in [-0.3, -0.25) is 9.48 Å². The summed E-state index contributed by atoms with van der Waals surface area (Å²) >= 11 is 0. The van der Waals surface area contributed by atoms with E-state index in [1.165, 1.54) is 0 Å². The summed E-state index contributed by atoms with van der Waals surface area (Å²) in [5.41, 5.74) is 0.686. The lowest BCUT2D eigenvalue weighted by atomic mass is 10.0. The third kappa shape index (κ3) is 1.69. The molecule has 1 aromatic rings. The third-order valence-electron chi connectivity index (χ3n) is 2.52. The van der Waals surface area contributed by atoms with E-state index in [1.807, 2.05) is 6.92 Å². The highest BCUT2D eigenvalue weighted by atomic mass is 35.7. The molecule has 1 saturated heterocycles. The molecular weight excluding hydrogens is 254 g/mol. The van der Waals surface area contributed by atoms with E-state index in [9.17, 15) is 13.2 Å². The minimum atomic E-state index is -4.00. The highest BCUT2D eigenvalue weighted by Crippen LogP contribution is 2.37. The van der Waals surface area contributed by atoms with E-state index in [-0.39, 0.29) is 6.42 Å².